The maximum Gasteiger partial charge on any atom is 0.407 e. The molecule has 0 spiro atoms. The first-order chi connectivity index (χ1) is 10.3. The Hall–Kier alpha value is -2.55. The molecular formula is C18H19NO2. The highest BCUT2D eigenvalue weighted by atomic mass is 16.5. The molecular weight excluding hydrogens is 262 g/mol. The molecule has 2 aromatic rings. The van der Waals surface area contributed by atoms with Gasteiger partial charge in [0, 0.05) is 6.54 Å². The second-order valence-corrected chi connectivity index (χ2v) is 4.68. The monoisotopic (exact) mass is 281 g/mol. The molecule has 2 aromatic carbocycles. The number of rotatable bonds is 6. The predicted octanol–water partition coefficient (Wildman–Crippen LogP) is 3.84. The molecule has 0 fully saturated rings. The molecule has 0 saturated heterocycles. The van der Waals surface area contributed by atoms with Gasteiger partial charge in [-0.25, -0.2) is 4.79 Å². The van der Waals surface area contributed by atoms with Crippen LogP contribution in [0.4, 0.5) is 4.79 Å². The Kier molecular flexibility index (Phi) is 5.59. The van der Waals surface area contributed by atoms with Crippen LogP contribution in [-0.4, -0.2) is 6.09 Å². The Morgan fingerprint density at radius 2 is 1.71 bits per heavy atom. The molecule has 0 radical (unpaired) electrons. The SMILES string of the molecule is C=CCc1ccccc1CNC(=O)OCc1ccccc1. The summed E-state index contributed by atoms with van der Waals surface area (Å²) in [5, 5.41) is 2.77. The van der Waals surface area contributed by atoms with E-state index in [-0.39, 0.29) is 6.61 Å². The third kappa shape index (κ3) is 4.80. The Labute approximate surface area is 125 Å². The number of allylic oxidation sites excluding steroid dienone is 1. The molecule has 1 N–H and O–H groups in total. The van der Waals surface area contributed by atoms with Crippen LogP contribution in [0.3, 0.4) is 0 Å². The molecule has 21 heavy (non-hydrogen) atoms. The Bertz CT molecular complexity index is 593. The summed E-state index contributed by atoms with van der Waals surface area (Å²) in [7, 11) is 0. The van der Waals surface area contributed by atoms with E-state index in [0.717, 1.165) is 23.1 Å². The molecule has 0 aliphatic carbocycles. The number of carbonyl (C=O) groups excluding carboxylic acids is 1. The third-order valence-electron chi connectivity index (χ3n) is 3.12. The molecule has 0 bridgehead atoms. The number of carbonyl (C=O) groups is 1. The van der Waals surface area contributed by atoms with Crippen molar-refractivity contribution in [3.05, 3.63) is 83.9 Å². The van der Waals surface area contributed by atoms with E-state index in [4.69, 9.17) is 4.74 Å². The largest absolute Gasteiger partial charge is 0.445 e. The van der Waals surface area contributed by atoms with Gasteiger partial charge in [-0.15, -0.1) is 6.58 Å². The van der Waals surface area contributed by atoms with Crippen molar-refractivity contribution in [1.82, 2.24) is 5.32 Å². The highest BCUT2D eigenvalue weighted by Gasteiger charge is 2.05. The van der Waals surface area contributed by atoms with E-state index >= 15 is 0 Å². The van der Waals surface area contributed by atoms with Crippen LogP contribution >= 0.6 is 0 Å². The van der Waals surface area contributed by atoms with E-state index in [1.54, 1.807) is 0 Å². The number of nitrogens with one attached hydrogen (secondary N) is 1. The van der Waals surface area contributed by atoms with Gasteiger partial charge in [0.2, 0.25) is 0 Å². The number of ether oxygens (including phenoxy) is 1. The molecule has 108 valence electrons. The molecule has 0 saturated carbocycles. The van der Waals surface area contributed by atoms with Crippen molar-refractivity contribution in [2.24, 2.45) is 0 Å². The summed E-state index contributed by atoms with van der Waals surface area (Å²) in [6.07, 6.45) is 2.23. The molecule has 0 aliphatic rings. The minimum absolute atomic E-state index is 0.279. The van der Waals surface area contributed by atoms with Crippen LogP contribution in [-0.2, 0) is 24.3 Å². The molecule has 1 amide bonds. The summed E-state index contributed by atoms with van der Waals surface area (Å²) in [5.41, 5.74) is 3.21. The fraction of sp³-hybridized carbons (Fsp3) is 0.167. The van der Waals surface area contributed by atoms with Crippen molar-refractivity contribution in [2.45, 2.75) is 19.6 Å². The lowest BCUT2D eigenvalue weighted by Crippen LogP contribution is -2.24. The molecule has 0 unspecified atom stereocenters. The summed E-state index contributed by atoms with van der Waals surface area (Å²) >= 11 is 0. The summed E-state index contributed by atoms with van der Waals surface area (Å²) in [6, 6.07) is 17.6. The molecule has 0 aromatic heterocycles. The van der Waals surface area contributed by atoms with Gasteiger partial charge in [-0.1, -0.05) is 60.7 Å². The smallest absolute Gasteiger partial charge is 0.407 e. The van der Waals surface area contributed by atoms with Crippen molar-refractivity contribution < 1.29 is 9.53 Å². The molecule has 3 heteroatoms. The topological polar surface area (TPSA) is 38.3 Å². The predicted molar refractivity (Wildman–Crippen MR) is 83.8 cm³/mol. The van der Waals surface area contributed by atoms with Crippen molar-refractivity contribution in [3.63, 3.8) is 0 Å². The van der Waals surface area contributed by atoms with Crippen molar-refractivity contribution in [3.8, 4) is 0 Å². The number of amides is 1. The Balaban J connectivity index is 1.82. The first-order valence-corrected chi connectivity index (χ1v) is 6.92. The van der Waals surface area contributed by atoms with Gasteiger partial charge in [-0.05, 0) is 23.1 Å². The minimum Gasteiger partial charge on any atom is -0.445 e. The molecule has 0 atom stereocenters. The van der Waals surface area contributed by atoms with E-state index in [9.17, 15) is 4.79 Å². The van der Waals surface area contributed by atoms with Gasteiger partial charge in [-0.2, -0.15) is 0 Å². The highest BCUT2D eigenvalue weighted by molar-refractivity contribution is 5.67. The maximum absolute atomic E-state index is 11.7. The summed E-state index contributed by atoms with van der Waals surface area (Å²) in [5.74, 6) is 0. The average molecular weight is 281 g/mol. The van der Waals surface area contributed by atoms with E-state index < -0.39 is 6.09 Å². The van der Waals surface area contributed by atoms with E-state index in [1.165, 1.54) is 0 Å². The van der Waals surface area contributed by atoms with Crippen molar-refractivity contribution in [1.29, 1.82) is 0 Å². The van der Waals surface area contributed by atoms with Gasteiger partial charge in [-0.3, -0.25) is 0 Å². The van der Waals surface area contributed by atoms with Crippen LogP contribution in [0.25, 0.3) is 0 Å². The lowest BCUT2D eigenvalue weighted by molar-refractivity contribution is 0.139. The first-order valence-electron chi connectivity index (χ1n) is 6.92. The average Bonchev–Trinajstić information content (AvgIpc) is 2.53. The van der Waals surface area contributed by atoms with Crippen LogP contribution in [0, 0.1) is 0 Å². The summed E-state index contributed by atoms with van der Waals surface area (Å²) in [6.45, 7) is 4.48. The molecule has 0 heterocycles. The zero-order chi connectivity index (χ0) is 14.9. The molecule has 0 aliphatic heterocycles. The maximum atomic E-state index is 11.7. The number of hydrogen-bond acceptors (Lipinski definition) is 2. The first kappa shape index (κ1) is 14.9. The summed E-state index contributed by atoms with van der Waals surface area (Å²) in [4.78, 5) is 11.7. The van der Waals surface area contributed by atoms with Gasteiger partial charge in [0.05, 0.1) is 0 Å². The Morgan fingerprint density at radius 1 is 1.05 bits per heavy atom. The lowest BCUT2D eigenvalue weighted by atomic mass is 10.0. The fourth-order valence-electron chi connectivity index (χ4n) is 2.03. The number of benzene rings is 2. The second kappa shape index (κ2) is 7.90. The van der Waals surface area contributed by atoms with Crippen molar-refractivity contribution >= 4 is 6.09 Å². The van der Waals surface area contributed by atoms with E-state index in [2.05, 4.69) is 11.9 Å². The zero-order valence-electron chi connectivity index (χ0n) is 11.9. The van der Waals surface area contributed by atoms with Crippen molar-refractivity contribution in [2.75, 3.05) is 0 Å². The van der Waals surface area contributed by atoms with Gasteiger partial charge in [0.1, 0.15) is 6.61 Å². The highest BCUT2D eigenvalue weighted by Crippen LogP contribution is 2.10. The summed E-state index contributed by atoms with van der Waals surface area (Å²) < 4.78 is 5.18. The van der Waals surface area contributed by atoms with Crippen LogP contribution in [0.2, 0.25) is 0 Å². The van der Waals surface area contributed by atoms with E-state index in [1.807, 2.05) is 60.7 Å². The quantitative estimate of drug-likeness (QED) is 0.817. The lowest BCUT2D eigenvalue weighted by Gasteiger charge is -2.10. The van der Waals surface area contributed by atoms with Crippen LogP contribution in [0.15, 0.2) is 67.3 Å². The molecule has 3 nitrogen and oxygen atoms in total. The van der Waals surface area contributed by atoms with E-state index in [0.29, 0.717) is 6.54 Å². The van der Waals surface area contributed by atoms with Gasteiger partial charge >= 0.3 is 6.09 Å². The third-order valence-corrected chi connectivity index (χ3v) is 3.12. The molecule has 2 rings (SSSR count). The van der Waals surface area contributed by atoms with Gasteiger partial charge < -0.3 is 10.1 Å². The standard InChI is InChI=1S/C18H19NO2/c1-2-8-16-11-6-7-12-17(16)13-19-18(20)21-14-15-9-4-3-5-10-15/h2-7,9-12H,1,8,13-14H2,(H,19,20). The van der Waals surface area contributed by atoms with Crippen LogP contribution in [0.5, 0.6) is 0 Å². The number of hydrogen-bond donors (Lipinski definition) is 1. The van der Waals surface area contributed by atoms with Gasteiger partial charge in [0.15, 0.2) is 0 Å². The van der Waals surface area contributed by atoms with Gasteiger partial charge in [0.25, 0.3) is 0 Å². The number of alkyl carbamates (subject to hydrolysis) is 1. The normalized spacial score (nSPS) is 9.90. The zero-order valence-corrected chi connectivity index (χ0v) is 11.9. The van der Waals surface area contributed by atoms with Crippen LogP contribution in [0.1, 0.15) is 16.7 Å². The second-order valence-electron chi connectivity index (χ2n) is 4.68. The Morgan fingerprint density at radius 3 is 2.43 bits per heavy atom. The van der Waals surface area contributed by atoms with Crippen LogP contribution < -0.4 is 5.32 Å². The fourth-order valence-corrected chi connectivity index (χ4v) is 2.03. The minimum atomic E-state index is -0.410.